The molecule has 4 aromatic rings. The van der Waals surface area contributed by atoms with Crippen molar-refractivity contribution in [1.82, 2.24) is 20.2 Å². The van der Waals surface area contributed by atoms with Gasteiger partial charge in [0.15, 0.2) is 5.82 Å². The molecule has 2 aliphatic carbocycles. The molecule has 3 aromatic carbocycles. The van der Waals surface area contributed by atoms with Crippen molar-refractivity contribution >= 4 is 27.5 Å². The third-order valence-electron chi connectivity index (χ3n) is 12.2. The van der Waals surface area contributed by atoms with Crippen LogP contribution in [0.25, 0.3) is 32.8 Å². The van der Waals surface area contributed by atoms with Crippen LogP contribution < -0.4 is 15.0 Å². The minimum atomic E-state index is -0.745. The van der Waals surface area contributed by atoms with Gasteiger partial charge in [-0.1, -0.05) is 12.1 Å². The molecule has 10 heteroatoms. The Kier molecular flexibility index (Phi) is 6.69. The predicted molar refractivity (Wildman–Crippen MR) is 180 cm³/mol. The fourth-order valence-electron chi connectivity index (χ4n) is 9.52. The highest BCUT2D eigenvalue weighted by Crippen LogP contribution is 2.49. The fraction of sp³-hybridized carbons (Fsp3) is 0.526. The molecule has 8 nitrogen and oxygen atoms in total. The Balaban J connectivity index is 1.07. The quantitative estimate of drug-likeness (QED) is 0.256. The zero-order valence-corrected chi connectivity index (χ0v) is 27.1. The molecule has 5 heterocycles. The van der Waals surface area contributed by atoms with Crippen molar-refractivity contribution in [2.75, 3.05) is 44.4 Å². The number of piperazine rings is 1. The molecule has 0 spiro atoms. The summed E-state index contributed by atoms with van der Waals surface area (Å²) in [4.78, 5) is 14.4. The number of fused-ring (bicyclic) bond motifs is 8. The zero-order chi connectivity index (χ0) is 32.1. The maximum Gasteiger partial charge on any atom is 0.319 e. The van der Waals surface area contributed by atoms with E-state index in [1.165, 1.54) is 30.5 Å². The van der Waals surface area contributed by atoms with E-state index < -0.39 is 11.6 Å². The molecule has 2 unspecified atom stereocenters. The largest absolute Gasteiger partial charge is 0.508 e. The lowest BCUT2D eigenvalue weighted by molar-refractivity contribution is -0.0271. The summed E-state index contributed by atoms with van der Waals surface area (Å²) in [5.74, 6) is -0.932. The minimum Gasteiger partial charge on any atom is -0.508 e. The van der Waals surface area contributed by atoms with Crippen LogP contribution in [-0.2, 0) is 17.6 Å². The van der Waals surface area contributed by atoms with Crippen LogP contribution in [0.4, 0.5) is 14.6 Å². The number of benzene rings is 3. The van der Waals surface area contributed by atoms with Crippen molar-refractivity contribution in [1.29, 1.82) is 0 Å². The standard InChI is InChI=1S/C38H41F2N5O3/c39-31-14-30-35(34(40)33(31)29-13-27(46)12-22-5-4-21-2-1-3-28(21)32(22)29)42-37(43-36(30)44-15-23-6-7-24(16-44)41-23)48-20-38(10-11-38)19-45-25-8-9-26(45)18-47-17-25/h4-5,12-14,23-26,41,46H,1-3,6-11,15-20H2/t23-,24+,25?,26?. The maximum absolute atomic E-state index is 17.1. The Morgan fingerprint density at radius 2 is 1.77 bits per heavy atom. The summed E-state index contributed by atoms with van der Waals surface area (Å²) in [6.07, 6.45) is 9.42. The SMILES string of the molecule is Oc1cc(-c2c(F)cc3c(N4C[C@H]5CC[C@@H](C4)N5)nc(OCC4(CN5C6CCC5COC6)CC4)nc3c2F)c2c3c(ccc2c1)CCC3. The second-order valence-electron chi connectivity index (χ2n) is 15.3. The van der Waals surface area contributed by atoms with E-state index in [-0.39, 0.29) is 28.3 Å². The topological polar surface area (TPSA) is 83.0 Å². The van der Waals surface area contributed by atoms with Gasteiger partial charge >= 0.3 is 6.01 Å². The molecule has 0 radical (unpaired) electrons. The third-order valence-corrected chi connectivity index (χ3v) is 12.2. The molecular weight excluding hydrogens is 612 g/mol. The van der Waals surface area contributed by atoms with Crippen molar-refractivity contribution in [3.63, 3.8) is 0 Å². The van der Waals surface area contributed by atoms with Crippen LogP contribution >= 0.6 is 0 Å². The number of hydrogen-bond acceptors (Lipinski definition) is 8. The zero-order valence-electron chi connectivity index (χ0n) is 27.1. The molecule has 1 saturated carbocycles. The smallest absolute Gasteiger partial charge is 0.319 e. The number of aryl methyl sites for hydroxylation is 2. The van der Waals surface area contributed by atoms with Gasteiger partial charge in [-0.2, -0.15) is 9.97 Å². The number of aromatic hydroxyl groups is 1. The first-order valence-corrected chi connectivity index (χ1v) is 17.9. The van der Waals surface area contributed by atoms with Crippen LogP contribution in [0.5, 0.6) is 11.8 Å². The first-order valence-electron chi connectivity index (χ1n) is 17.9. The molecule has 10 rings (SSSR count). The van der Waals surface area contributed by atoms with E-state index in [0.29, 0.717) is 60.6 Å². The van der Waals surface area contributed by atoms with Gasteiger partial charge in [0.2, 0.25) is 0 Å². The molecule has 4 bridgehead atoms. The van der Waals surface area contributed by atoms with Gasteiger partial charge in [-0.05, 0) is 103 Å². The van der Waals surface area contributed by atoms with E-state index in [4.69, 9.17) is 19.4 Å². The number of anilines is 1. The molecule has 1 aromatic heterocycles. The van der Waals surface area contributed by atoms with E-state index in [1.807, 2.05) is 6.07 Å². The number of nitrogens with zero attached hydrogens (tertiary/aromatic N) is 4. The molecule has 6 aliphatic rings. The molecule has 4 saturated heterocycles. The van der Waals surface area contributed by atoms with E-state index in [0.717, 1.165) is 81.0 Å². The highest BCUT2D eigenvalue weighted by Gasteiger charge is 2.49. The maximum atomic E-state index is 17.1. The van der Waals surface area contributed by atoms with Crippen LogP contribution in [0, 0.1) is 17.0 Å². The average molecular weight is 654 g/mol. The van der Waals surface area contributed by atoms with Crippen LogP contribution in [-0.4, -0.2) is 83.6 Å². The fourth-order valence-corrected chi connectivity index (χ4v) is 9.52. The summed E-state index contributed by atoms with van der Waals surface area (Å²) >= 11 is 0. The molecule has 4 aliphatic heterocycles. The van der Waals surface area contributed by atoms with Crippen LogP contribution in [0.15, 0.2) is 30.3 Å². The van der Waals surface area contributed by atoms with Crippen molar-refractivity contribution in [2.24, 2.45) is 5.41 Å². The van der Waals surface area contributed by atoms with E-state index >= 15 is 8.78 Å². The summed E-state index contributed by atoms with van der Waals surface area (Å²) in [5.41, 5.74) is 2.58. The Labute approximate surface area is 278 Å². The van der Waals surface area contributed by atoms with Gasteiger partial charge < -0.3 is 24.8 Å². The van der Waals surface area contributed by atoms with Crippen molar-refractivity contribution in [2.45, 2.75) is 82.0 Å². The lowest BCUT2D eigenvalue weighted by Gasteiger charge is -2.37. The predicted octanol–water partition coefficient (Wildman–Crippen LogP) is 5.89. The van der Waals surface area contributed by atoms with Crippen LogP contribution in [0.1, 0.15) is 56.1 Å². The number of phenols is 1. The number of halogens is 2. The molecule has 48 heavy (non-hydrogen) atoms. The number of nitrogens with one attached hydrogen (secondary N) is 1. The van der Waals surface area contributed by atoms with Gasteiger partial charge in [-0.25, -0.2) is 8.78 Å². The number of ether oxygens (including phenoxy) is 2. The van der Waals surface area contributed by atoms with Gasteiger partial charge in [0.25, 0.3) is 0 Å². The number of phenolic OH excluding ortho intramolecular Hbond substituents is 1. The van der Waals surface area contributed by atoms with Crippen LogP contribution in [0.2, 0.25) is 0 Å². The van der Waals surface area contributed by atoms with Gasteiger partial charge in [0.1, 0.15) is 22.9 Å². The van der Waals surface area contributed by atoms with Gasteiger partial charge in [-0.15, -0.1) is 0 Å². The van der Waals surface area contributed by atoms with Gasteiger partial charge in [-0.3, -0.25) is 4.90 Å². The summed E-state index contributed by atoms with van der Waals surface area (Å²) in [6.45, 7) is 4.44. The Morgan fingerprint density at radius 1 is 0.979 bits per heavy atom. The van der Waals surface area contributed by atoms with Crippen molar-refractivity contribution < 1.29 is 23.4 Å². The summed E-state index contributed by atoms with van der Waals surface area (Å²) in [7, 11) is 0. The van der Waals surface area contributed by atoms with Gasteiger partial charge in [0.05, 0.1) is 25.4 Å². The third kappa shape index (κ3) is 4.77. The van der Waals surface area contributed by atoms with E-state index in [9.17, 15) is 5.11 Å². The second-order valence-corrected chi connectivity index (χ2v) is 15.3. The average Bonchev–Trinajstić information content (AvgIpc) is 3.43. The van der Waals surface area contributed by atoms with E-state index in [2.05, 4.69) is 21.2 Å². The summed E-state index contributed by atoms with van der Waals surface area (Å²) in [5, 5.41) is 16.3. The van der Waals surface area contributed by atoms with Crippen molar-refractivity contribution in [3.8, 4) is 22.9 Å². The Hall–Kier alpha value is -3.60. The molecule has 0 amide bonds. The highest BCUT2D eigenvalue weighted by molar-refractivity contribution is 6.03. The minimum absolute atomic E-state index is 0.0260. The first-order chi connectivity index (χ1) is 23.4. The number of aromatic nitrogens is 2. The lowest BCUT2D eigenvalue weighted by atomic mass is 9.91. The number of hydrogen-bond donors (Lipinski definition) is 2. The monoisotopic (exact) mass is 653 g/mol. The summed E-state index contributed by atoms with van der Waals surface area (Å²) < 4.78 is 45.8. The van der Waals surface area contributed by atoms with Crippen LogP contribution in [0.3, 0.4) is 0 Å². The number of morpholine rings is 1. The molecular formula is C38H41F2N5O3. The normalized spacial score (nSPS) is 27.2. The molecule has 5 fully saturated rings. The molecule has 250 valence electrons. The Morgan fingerprint density at radius 3 is 2.54 bits per heavy atom. The van der Waals surface area contributed by atoms with E-state index in [1.54, 1.807) is 6.07 Å². The number of rotatable bonds is 7. The molecule has 2 N–H and O–H groups in total. The highest BCUT2D eigenvalue weighted by atomic mass is 19.1. The summed E-state index contributed by atoms with van der Waals surface area (Å²) in [6, 6.07) is 10.3. The second kappa shape index (κ2) is 11.0. The first kappa shape index (κ1) is 29.3. The lowest BCUT2D eigenvalue weighted by Crippen LogP contribution is -2.51. The van der Waals surface area contributed by atoms with Gasteiger partial charge in [0, 0.05) is 54.6 Å². The molecule has 4 atom stereocenters. The van der Waals surface area contributed by atoms with Crippen molar-refractivity contribution in [3.05, 3.63) is 53.1 Å². The Bertz CT molecular complexity index is 1940.